The molecule has 212 valence electrons. The maximum absolute atomic E-state index is 13.0. The summed E-state index contributed by atoms with van der Waals surface area (Å²) in [7, 11) is 1.25. The summed E-state index contributed by atoms with van der Waals surface area (Å²) >= 11 is 0. The maximum atomic E-state index is 13.0. The van der Waals surface area contributed by atoms with Crippen molar-refractivity contribution in [3.8, 4) is 0 Å². The average molecular weight is 551 g/mol. The molecule has 0 amide bonds. The van der Waals surface area contributed by atoms with Crippen molar-refractivity contribution in [1.29, 1.82) is 0 Å². The van der Waals surface area contributed by atoms with Crippen molar-refractivity contribution in [1.82, 2.24) is 9.55 Å². The van der Waals surface area contributed by atoms with Crippen molar-refractivity contribution in [3.63, 3.8) is 0 Å². The number of ether oxygens (including phenoxy) is 5. The van der Waals surface area contributed by atoms with Gasteiger partial charge in [0.25, 0.3) is 5.56 Å². The quantitative estimate of drug-likeness (QED) is 0.401. The van der Waals surface area contributed by atoms with E-state index in [2.05, 4.69) is 4.98 Å². The Labute approximate surface area is 231 Å². The lowest BCUT2D eigenvalue weighted by Crippen LogP contribution is -2.63. The molecular formula is C30H34N2O8. The number of H-pyrrole nitrogens is 1. The van der Waals surface area contributed by atoms with Gasteiger partial charge in [0.05, 0.1) is 26.9 Å². The second-order valence-corrected chi connectivity index (χ2v) is 10.6. The molecule has 2 aliphatic rings. The standard InChI is InChI=1S/C30H34N2O8/c1-19-15-32(27(34)31-25(19)33)26-23-20(2)29(3,40-28(35)36-4)30(39-26,18-37-16-21-11-7-5-8-12-21)24(23)38-17-22-13-9-6-10-14-22/h5-15,20,23-24,26H,16-18H2,1-4H3,(H,31,33,34)/t20-,23?,24-,26+,29-,30+/m0/s1. The van der Waals surface area contributed by atoms with Crippen LogP contribution in [0.3, 0.4) is 0 Å². The minimum absolute atomic E-state index is 0.00324. The molecule has 0 radical (unpaired) electrons. The predicted molar refractivity (Wildman–Crippen MR) is 145 cm³/mol. The van der Waals surface area contributed by atoms with Gasteiger partial charge >= 0.3 is 11.8 Å². The number of methoxy groups -OCH3 is 1. The van der Waals surface area contributed by atoms with Crippen LogP contribution in [-0.4, -0.2) is 46.7 Å². The molecule has 6 atom stereocenters. The van der Waals surface area contributed by atoms with E-state index in [1.54, 1.807) is 13.8 Å². The van der Waals surface area contributed by atoms with Gasteiger partial charge in [0.1, 0.15) is 17.9 Å². The molecule has 40 heavy (non-hydrogen) atoms. The SMILES string of the molecule is COC(=O)O[C@@]1(C)[C@@H](C)C2[C@H](n3cc(C)c(=O)[nH]c3=O)O[C@]1(COCc1ccccc1)[C@H]2OCc1ccccc1. The van der Waals surface area contributed by atoms with Gasteiger partial charge in [-0.1, -0.05) is 67.6 Å². The third kappa shape index (κ3) is 4.76. The fourth-order valence-corrected chi connectivity index (χ4v) is 6.05. The first-order chi connectivity index (χ1) is 19.2. The van der Waals surface area contributed by atoms with Gasteiger partial charge in [-0.15, -0.1) is 0 Å². The topological polar surface area (TPSA) is 118 Å². The second kappa shape index (κ2) is 11.0. The molecule has 1 saturated carbocycles. The lowest BCUT2D eigenvalue weighted by atomic mass is 9.80. The van der Waals surface area contributed by atoms with E-state index in [1.165, 1.54) is 17.9 Å². The molecule has 1 aliphatic carbocycles. The molecule has 1 unspecified atom stereocenters. The third-order valence-corrected chi connectivity index (χ3v) is 8.34. The Kier molecular flexibility index (Phi) is 7.67. The minimum atomic E-state index is -1.32. The molecule has 2 bridgehead atoms. The van der Waals surface area contributed by atoms with Gasteiger partial charge in [-0.2, -0.15) is 0 Å². The highest BCUT2D eigenvalue weighted by atomic mass is 16.7. The van der Waals surface area contributed by atoms with E-state index in [1.807, 2.05) is 67.6 Å². The molecule has 1 N–H and O–H groups in total. The molecule has 2 heterocycles. The van der Waals surface area contributed by atoms with Crippen molar-refractivity contribution in [2.45, 2.75) is 57.5 Å². The van der Waals surface area contributed by atoms with Crippen molar-refractivity contribution in [3.05, 3.63) is 104 Å². The Morgan fingerprint density at radius 2 is 1.65 bits per heavy atom. The van der Waals surface area contributed by atoms with Crippen LogP contribution in [0.1, 0.15) is 36.8 Å². The number of hydrogen-bond acceptors (Lipinski definition) is 8. The van der Waals surface area contributed by atoms with Gasteiger partial charge in [-0.25, -0.2) is 9.59 Å². The van der Waals surface area contributed by atoms with Crippen molar-refractivity contribution >= 4 is 6.16 Å². The Bertz CT molecular complexity index is 1460. The van der Waals surface area contributed by atoms with Crippen LogP contribution in [-0.2, 0) is 36.9 Å². The fraction of sp³-hybridized carbons (Fsp3) is 0.433. The van der Waals surface area contributed by atoms with E-state index >= 15 is 0 Å². The molecule has 10 heteroatoms. The Morgan fingerprint density at radius 3 is 2.27 bits per heavy atom. The first-order valence-corrected chi connectivity index (χ1v) is 13.2. The zero-order valence-electron chi connectivity index (χ0n) is 23.0. The van der Waals surface area contributed by atoms with E-state index < -0.39 is 46.9 Å². The summed E-state index contributed by atoms with van der Waals surface area (Å²) in [6.45, 7) is 5.90. The van der Waals surface area contributed by atoms with Crippen LogP contribution in [0, 0.1) is 18.8 Å². The summed E-state index contributed by atoms with van der Waals surface area (Å²) in [5.74, 6) is -0.799. The summed E-state index contributed by atoms with van der Waals surface area (Å²) < 4.78 is 31.8. The molecule has 2 aromatic carbocycles. The largest absolute Gasteiger partial charge is 0.508 e. The monoisotopic (exact) mass is 550 g/mol. The molecule has 10 nitrogen and oxygen atoms in total. The van der Waals surface area contributed by atoms with Gasteiger partial charge < -0.3 is 23.7 Å². The number of benzene rings is 2. The minimum Gasteiger partial charge on any atom is -0.438 e. The highest BCUT2D eigenvalue weighted by Gasteiger charge is 2.77. The Morgan fingerprint density at radius 1 is 1.02 bits per heavy atom. The van der Waals surface area contributed by atoms with Crippen LogP contribution in [0.15, 0.2) is 76.4 Å². The molecule has 1 saturated heterocycles. The number of aromatic nitrogens is 2. The summed E-state index contributed by atoms with van der Waals surface area (Å²) in [6, 6.07) is 19.4. The van der Waals surface area contributed by atoms with Crippen LogP contribution in [0.4, 0.5) is 4.79 Å². The fourth-order valence-electron chi connectivity index (χ4n) is 6.05. The van der Waals surface area contributed by atoms with E-state index in [0.29, 0.717) is 5.56 Å². The molecule has 1 aromatic heterocycles. The number of aryl methyl sites for hydroxylation is 1. The smallest absolute Gasteiger partial charge is 0.438 e. The van der Waals surface area contributed by atoms with E-state index in [9.17, 15) is 14.4 Å². The predicted octanol–water partition coefficient (Wildman–Crippen LogP) is 3.72. The summed E-state index contributed by atoms with van der Waals surface area (Å²) in [4.78, 5) is 40.0. The lowest BCUT2D eigenvalue weighted by Gasteiger charge is -2.47. The Balaban J connectivity index is 1.57. The Hall–Kier alpha value is -3.73. The molecule has 5 rings (SSSR count). The number of nitrogens with one attached hydrogen (secondary N) is 1. The first kappa shape index (κ1) is 27.8. The number of nitrogens with zero attached hydrogens (tertiary/aromatic N) is 1. The van der Waals surface area contributed by atoms with Crippen LogP contribution in [0.25, 0.3) is 0 Å². The molecule has 3 aromatic rings. The van der Waals surface area contributed by atoms with Crippen molar-refractivity contribution in [2.24, 2.45) is 11.8 Å². The number of rotatable bonds is 9. The summed E-state index contributed by atoms with van der Waals surface area (Å²) in [5, 5.41) is 0. The maximum Gasteiger partial charge on any atom is 0.508 e. The second-order valence-electron chi connectivity index (χ2n) is 10.6. The van der Waals surface area contributed by atoms with Crippen LogP contribution in [0.2, 0.25) is 0 Å². The zero-order valence-corrected chi connectivity index (χ0v) is 23.0. The normalized spacial score (nSPS) is 28.9. The molecule has 2 fully saturated rings. The number of hydrogen-bond donors (Lipinski definition) is 1. The molecule has 0 spiro atoms. The van der Waals surface area contributed by atoms with Crippen molar-refractivity contribution in [2.75, 3.05) is 13.7 Å². The van der Waals surface area contributed by atoms with Gasteiger partial charge in [0.2, 0.25) is 0 Å². The van der Waals surface area contributed by atoms with Gasteiger partial charge in [-0.3, -0.25) is 14.3 Å². The summed E-state index contributed by atoms with van der Waals surface area (Å²) in [6.07, 6.45) is -0.820. The third-order valence-electron chi connectivity index (χ3n) is 8.34. The first-order valence-electron chi connectivity index (χ1n) is 13.2. The van der Waals surface area contributed by atoms with Crippen LogP contribution in [0.5, 0.6) is 0 Å². The van der Waals surface area contributed by atoms with E-state index in [4.69, 9.17) is 23.7 Å². The summed E-state index contributed by atoms with van der Waals surface area (Å²) in [5.41, 5.74) is -1.34. The van der Waals surface area contributed by atoms with Gasteiger partial charge in [0, 0.05) is 23.6 Å². The van der Waals surface area contributed by atoms with Gasteiger partial charge in [-0.05, 0) is 25.0 Å². The highest BCUT2D eigenvalue weighted by molar-refractivity contribution is 5.61. The number of carbonyl (C=O) groups excluding carboxylic acids is 1. The number of aromatic amines is 1. The average Bonchev–Trinajstić information content (AvgIpc) is 3.36. The van der Waals surface area contributed by atoms with E-state index in [0.717, 1.165) is 11.1 Å². The van der Waals surface area contributed by atoms with Crippen LogP contribution < -0.4 is 11.2 Å². The number of fused-ring (bicyclic) bond motifs is 2. The van der Waals surface area contributed by atoms with E-state index in [-0.39, 0.29) is 25.7 Å². The van der Waals surface area contributed by atoms with Crippen molar-refractivity contribution < 1.29 is 28.5 Å². The van der Waals surface area contributed by atoms with Gasteiger partial charge in [0.15, 0.2) is 5.60 Å². The zero-order chi connectivity index (χ0) is 28.5. The van der Waals surface area contributed by atoms with Crippen LogP contribution >= 0.6 is 0 Å². The molecular weight excluding hydrogens is 516 g/mol. The number of carbonyl (C=O) groups is 1. The molecule has 1 aliphatic heterocycles. The highest BCUT2D eigenvalue weighted by Crippen LogP contribution is 2.63. The lowest BCUT2D eigenvalue weighted by molar-refractivity contribution is -0.260.